The number of ether oxygens (including phenoxy) is 1. The van der Waals surface area contributed by atoms with E-state index in [0.717, 1.165) is 42.7 Å². The van der Waals surface area contributed by atoms with E-state index in [1.807, 2.05) is 31.2 Å². The fraction of sp³-hybridized carbons (Fsp3) is 0.444. The maximum atomic E-state index is 12.5. The lowest BCUT2D eigenvalue weighted by Crippen LogP contribution is -2.39. The Balaban J connectivity index is 1.74. The van der Waals surface area contributed by atoms with Gasteiger partial charge in [-0.1, -0.05) is 12.1 Å². The monoisotopic (exact) mass is 329 g/mol. The van der Waals surface area contributed by atoms with Crippen LogP contribution in [0.3, 0.4) is 0 Å². The third kappa shape index (κ3) is 3.59. The summed E-state index contributed by atoms with van der Waals surface area (Å²) in [7, 11) is 1.62. The van der Waals surface area contributed by atoms with Crippen molar-refractivity contribution < 1.29 is 14.6 Å². The second kappa shape index (κ2) is 7.05. The molecule has 0 bridgehead atoms. The molecule has 1 aliphatic carbocycles. The Labute approximate surface area is 141 Å². The van der Waals surface area contributed by atoms with Crippen LogP contribution < -0.4 is 10.1 Å². The number of benzene rings is 1. The van der Waals surface area contributed by atoms with Gasteiger partial charge in [0.25, 0.3) is 5.91 Å². The van der Waals surface area contributed by atoms with Gasteiger partial charge < -0.3 is 20.1 Å². The largest absolute Gasteiger partial charge is 0.497 e. The summed E-state index contributed by atoms with van der Waals surface area (Å²) in [5.41, 5.74) is 2.03. The predicted octanol–water partition coefficient (Wildman–Crippen LogP) is 2.43. The highest BCUT2D eigenvalue weighted by Gasteiger charge is 2.23. The molecule has 0 spiro atoms. The number of imidazole rings is 1. The van der Waals surface area contributed by atoms with Gasteiger partial charge in [0, 0.05) is 17.3 Å². The summed E-state index contributed by atoms with van der Waals surface area (Å²) in [6, 6.07) is 7.66. The molecule has 0 aliphatic heterocycles. The maximum absolute atomic E-state index is 12.5. The van der Waals surface area contributed by atoms with Crippen LogP contribution in [0.5, 0.6) is 5.75 Å². The third-order valence-corrected chi connectivity index (χ3v) is 4.47. The minimum atomic E-state index is -0.232. The van der Waals surface area contributed by atoms with Crippen LogP contribution in [-0.2, 0) is 0 Å². The zero-order valence-corrected chi connectivity index (χ0v) is 14.0. The van der Waals surface area contributed by atoms with E-state index >= 15 is 0 Å². The summed E-state index contributed by atoms with van der Waals surface area (Å²) < 4.78 is 5.23. The van der Waals surface area contributed by atoms with Gasteiger partial charge in [-0.15, -0.1) is 0 Å². The molecule has 1 aromatic heterocycles. The first-order valence-corrected chi connectivity index (χ1v) is 8.26. The van der Waals surface area contributed by atoms with E-state index in [1.54, 1.807) is 7.11 Å². The number of amides is 1. The number of aromatic amines is 1. The highest BCUT2D eigenvalue weighted by molar-refractivity contribution is 5.94. The molecular weight excluding hydrogens is 306 g/mol. The number of nitrogens with zero attached hydrogens (tertiary/aromatic N) is 1. The molecule has 6 nitrogen and oxygen atoms in total. The number of rotatable bonds is 4. The van der Waals surface area contributed by atoms with Gasteiger partial charge in [-0.25, -0.2) is 4.98 Å². The Morgan fingerprint density at radius 2 is 2.08 bits per heavy atom. The predicted molar refractivity (Wildman–Crippen MR) is 91.0 cm³/mol. The Hall–Kier alpha value is -2.34. The van der Waals surface area contributed by atoms with Crippen molar-refractivity contribution in [2.45, 2.75) is 44.8 Å². The van der Waals surface area contributed by atoms with Gasteiger partial charge in [-0.2, -0.15) is 0 Å². The maximum Gasteiger partial charge on any atom is 0.271 e. The average Bonchev–Trinajstić information content (AvgIpc) is 2.99. The van der Waals surface area contributed by atoms with E-state index in [4.69, 9.17) is 4.74 Å². The van der Waals surface area contributed by atoms with E-state index in [-0.39, 0.29) is 18.1 Å². The fourth-order valence-electron chi connectivity index (χ4n) is 3.06. The number of aliphatic hydroxyl groups excluding tert-OH is 1. The number of aromatic nitrogens is 2. The normalized spacial score (nSPS) is 20.6. The SMILES string of the molecule is COc1cccc(-c2nc(C(=O)NC3CCC(O)CC3)c(C)[nH]2)c1. The number of hydrogen-bond donors (Lipinski definition) is 3. The second-order valence-electron chi connectivity index (χ2n) is 6.27. The standard InChI is InChI=1S/C18H23N3O3/c1-11-16(18(23)20-13-6-8-14(22)9-7-13)21-17(19-11)12-4-3-5-15(10-12)24-2/h3-5,10,13-14,22H,6-9H2,1-2H3,(H,19,21)(H,20,23). The Morgan fingerprint density at radius 1 is 1.33 bits per heavy atom. The molecule has 1 aliphatic rings. The summed E-state index contributed by atoms with van der Waals surface area (Å²) >= 11 is 0. The van der Waals surface area contributed by atoms with Crippen LogP contribution in [0.15, 0.2) is 24.3 Å². The zero-order chi connectivity index (χ0) is 17.1. The first-order chi connectivity index (χ1) is 11.6. The van der Waals surface area contributed by atoms with Crippen LogP contribution in [-0.4, -0.2) is 40.2 Å². The molecule has 1 aromatic carbocycles. The van der Waals surface area contributed by atoms with Crippen molar-refractivity contribution in [1.29, 1.82) is 0 Å². The molecule has 1 heterocycles. The summed E-state index contributed by atoms with van der Waals surface area (Å²) in [6.45, 7) is 1.84. The number of H-pyrrole nitrogens is 1. The van der Waals surface area contributed by atoms with Crippen LogP contribution in [0.4, 0.5) is 0 Å². The summed E-state index contributed by atoms with van der Waals surface area (Å²) in [6.07, 6.45) is 2.85. The summed E-state index contributed by atoms with van der Waals surface area (Å²) in [5.74, 6) is 1.23. The van der Waals surface area contributed by atoms with Gasteiger partial charge in [0.2, 0.25) is 0 Å². The van der Waals surface area contributed by atoms with Gasteiger partial charge >= 0.3 is 0 Å². The topological polar surface area (TPSA) is 87.2 Å². The van der Waals surface area contributed by atoms with Crippen molar-refractivity contribution in [2.24, 2.45) is 0 Å². The smallest absolute Gasteiger partial charge is 0.271 e. The molecule has 6 heteroatoms. The molecule has 1 fully saturated rings. The third-order valence-electron chi connectivity index (χ3n) is 4.47. The number of nitrogens with one attached hydrogen (secondary N) is 2. The van der Waals surface area contributed by atoms with Gasteiger partial charge in [0.15, 0.2) is 0 Å². The fourth-order valence-corrected chi connectivity index (χ4v) is 3.06. The van der Waals surface area contributed by atoms with Gasteiger partial charge in [-0.05, 0) is 44.7 Å². The lowest BCUT2D eigenvalue weighted by molar-refractivity contribution is 0.0863. The molecule has 0 radical (unpaired) electrons. The molecule has 24 heavy (non-hydrogen) atoms. The Bertz CT molecular complexity index is 718. The first kappa shape index (κ1) is 16.5. The van der Waals surface area contributed by atoms with E-state index in [0.29, 0.717) is 11.5 Å². The number of carbonyl (C=O) groups excluding carboxylic acids is 1. The van der Waals surface area contributed by atoms with E-state index in [1.165, 1.54) is 0 Å². The number of carbonyl (C=O) groups is 1. The summed E-state index contributed by atoms with van der Waals surface area (Å²) in [4.78, 5) is 20.1. The zero-order valence-electron chi connectivity index (χ0n) is 14.0. The molecule has 2 aromatic rings. The lowest BCUT2D eigenvalue weighted by Gasteiger charge is -2.25. The van der Waals surface area contributed by atoms with E-state index in [2.05, 4.69) is 15.3 Å². The van der Waals surface area contributed by atoms with Crippen LogP contribution in [0.25, 0.3) is 11.4 Å². The van der Waals surface area contributed by atoms with Crippen molar-refractivity contribution in [3.05, 3.63) is 35.7 Å². The highest BCUT2D eigenvalue weighted by Crippen LogP contribution is 2.23. The number of aryl methyl sites for hydroxylation is 1. The van der Waals surface area contributed by atoms with Crippen LogP contribution in [0.2, 0.25) is 0 Å². The quantitative estimate of drug-likeness (QED) is 0.804. The minimum absolute atomic E-state index is 0.109. The number of aliphatic hydroxyl groups is 1. The molecular formula is C18H23N3O3. The molecule has 1 amide bonds. The molecule has 1 saturated carbocycles. The molecule has 128 valence electrons. The van der Waals surface area contributed by atoms with Crippen LogP contribution in [0, 0.1) is 6.92 Å². The van der Waals surface area contributed by atoms with Crippen molar-refractivity contribution in [1.82, 2.24) is 15.3 Å². The van der Waals surface area contributed by atoms with Crippen molar-refractivity contribution in [3.8, 4) is 17.1 Å². The van der Waals surface area contributed by atoms with Crippen molar-refractivity contribution in [2.75, 3.05) is 7.11 Å². The molecule has 0 saturated heterocycles. The van der Waals surface area contributed by atoms with Crippen molar-refractivity contribution in [3.63, 3.8) is 0 Å². The molecule has 3 rings (SSSR count). The minimum Gasteiger partial charge on any atom is -0.497 e. The Morgan fingerprint density at radius 3 is 2.79 bits per heavy atom. The number of hydrogen-bond acceptors (Lipinski definition) is 4. The first-order valence-electron chi connectivity index (χ1n) is 8.26. The molecule has 0 unspecified atom stereocenters. The van der Waals surface area contributed by atoms with Gasteiger partial charge in [-0.3, -0.25) is 4.79 Å². The number of methoxy groups -OCH3 is 1. The van der Waals surface area contributed by atoms with E-state index < -0.39 is 0 Å². The van der Waals surface area contributed by atoms with E-state index in [9.17, 15) is 9.90 Å². The van der Waals surface area contributed by atoms with Crippen LogP contribution >= 0.6 is 0 Å². The molecule has 0 atom stereocenters. The second-order valence-corrected chi connectivity index (χ2v) is 6.27. The van der Waals surface area contributed by atoms with Gasteiger partial charge in [0.1, 0.15) is 17.3 Å². The lowest BCUT2D eigenvalue weighted by atomic mass is 9.93. The summed E-state index contributed by atoms with van der Waals surface area (Å²) in [5, 5.41) is 12.6. The van der Waals surface area contributed by atoms with Gasteiger partial charge in [0.05, 0.1) is 13.2 Å². The van der Waals surface area contributed by atoms with Crippen molar-refractivity contribution >= 4 is 5.91 Å². The Kier molecular flexibility index (Phi) is 4.85. The highest BCUT2D eigenvalue weighted by atomic mass is 16.5. The van der Waals surface area contributed by atoms with Crippen LogP contribution in [0.1, 0.15) is 41.9 Å². The average molecular weight is 329 g/mol. The molecule has 3 N–H and O–H groups in total.